The summed E-state index contributed by atoms with van der Waals surface area (Å²) in [5.41, 5.74) is 1.78. The summed E-state index contributed by atoms with van der Waals surface area (Å²) in [6.45, 7) is -0.609. The van der Waals surface area contributed by atoms with Gasteiger partial charge in [0.05, 0.1) is 5.92 Å². The van der Waals surface area contributed by atoms with E-state index in [1.165, 1.54) is 37.8 Å². The molecule has 0 atom stereocenters. The molecule has 2 aromatic carbocycles. The number of ether oxygens (including phenoxy) is 2. The Hall–Kier alpha value is -2.43. The number of esters is 1. The molecule has 0 saturated heterocycles. The normalized spacial score (nSPS) is 18.9. The van der Waals surface area contributed by atoms with Crippen LogP contribution in [0.4, 0.5) is 8.78 Å². The fraction of sp³-hybridized carbons (Fsp3) is 0.480. The summed E-state index contributed by atoms with van der Waals surface area (Å²) in [7, 11) is 0. The molecular formula is C25H30F2O3. The zero-order chi connectivity index (χ0) is 21.3. The summed E-state index contributed by atoms with van der Waals surface area (Å²) in [6, 6.07) is 13.7. The molecule has 0 aliphatic heterocycles. The predicted octanol–water partition coefficient (Wildman–Crippen LogP) is 7.25. The molecule has 0 aromatic heterocycles. The molecular weight excluding hydrogens is 386 g/mol. The van der Waals surface area contributed by atoms with Crippen LogP contribution < -0.4 is 9.47 Å². The Balaban J connectivity index is 1.49. The molecule has 5 heteroatoms. The minimum Gasteiger partial charge on any atom is -0.435 e. The van der Waals surface area contributed by atoms with Crippen molar-refractivity contribution < 1.29 is 23.0 Å². The van der Waals surface area contributed by atoms with Gasteiger partial charge in [-0.15, -0.1) is 0 Å². The van der Waals surface area contributed by atoms with E-state index in [4.69, 9.17) is 4.74 Å². The number of alkyl halides is 2. The first-order valence-electron chi connectivity index (χ1n) is 10.9. The number of unbranched alkanes of at least 4 members (excludes halogenated alkanes) is 2. The average Bonchev–Trinajstić information content (AvgIpc) is 2.75. The van der Waals surface area contributed by atoms with Crippen LogP contribution in [0.3, 0.4) is 0 Å². The van der Waals surface area contributed by atoms with Crippen LogP contribution in [-0.2, 0) is 4.79 Å². The van der Waals surface area contributed by atoms with Gasteiger partial charge in [-0.05, 0) is 67.0 Å². The van der Waals surface area contributed by atoms with Gasteiger partial charge in [-0.25, -0.2) is 0 Å². The molecule has 3 rings (SSSR count). The molecule has 0 radical (unpaired) electrons. The molecule has 162 valence electrons. The van der Waals surface area contributed by atoms with Crippen LogP contribution in [0.5, 0.6) is 11.5 Å². The van der Waals surface area contributed by atoms with Crippen molar-refractivity contribution in [2.75, 3.05) is 0 Å². The lowest BCUT2D eigenvalue weighted by Crippen LogP contribution is -2.25. The minimum atomic E-state index is -2.83. The van der Waals surface area contributed by atoms with E-state index in [-0.39, 0.29) is 17.6 Å². The van der Waals surface area contributed by atoms with E-state index >= 15 is 0 Å². The maximum Gasteiger partial charge on any atom is 0.387 e. The van der Waals surface area contributed by atoms with E-state index in [1.807, 2.05) is 12.1 Å². The Morgan fingerprint density at radius 3 is 2.00 bits per heavy atom. The number of carbonyl (C=O) groups is 1. The van der Waals surface area contributed by atoms with Gasteiger partial charge in [0.1, 0.15) is 11.5 Å². The Labute approximate surface area is 177 Å². The fourth-order valence-corrected chi connectivity index (χ4v) is 4.11. The van der Waals surface area contributed by atoms with Crippen molar-refractivity contribution in [3.8, 4) is 22.6 Å². The second-order valence-corrected chi connectivity index (χ2v) is 8.06. The largest absolute Gasteiger partial charge is 0.435 e. The van der Waals surface area contributed by atoms with Crippen LogP contribution >= 0.6 is 0 Å². The smallest absolute Gasteiger partial charge is 0.387 e. The second kappa shape index (κ2) is 11.1. The summed E-state index contributed by atoms with van der Waals surface area (Å²) < 4.78 is 34.5. The molecule has 0 bridgehead atoms. The zero-order valence-electron chi connectivity index (χ0n) is 17.5. The van der Waals surface area contributed by atoms with Gasteiger partial charge >= 0.3 is 12.6 Å². The highest BCUT2D eigenvalue weighted by molar-refractivity contribution is 5.75. The number of rotatable bonds is 9. The molecule has 1 aliphatic carbocycles. The van der Waals surface area contributed by atoms with Gasteiger partial charge in [0, 0.05) is 0 Å². The van der Waals surface area contributed by atoms with E-state index in [0.717, 1.165) is 42.7 Å². The van der Waals surface area contributed by atoms with Crippen LogP contribution in [0.15, 0.2) is 48.5 Å². The maximum atomic E-state index is 12.5. The highest BCUT2D eigenvalue weighted by Crippen LogP contribution is 2.33. The monoisotopic (exact) mass is 416 g/mol. The van der Waals surface area contributed by atoms with E-state index in [2.05, 4.69) is 11.7 Å². The Bertz CT molecular complexity index is 779. The van der Waals surface area contributed by atoms with Gasteiger partial charge in [-0.1, -0.05) is 56.9 Å². The summed E-state index contributed by atoms with van der Waals surface area (Å²) in [6.07, 6.45) is 9.20. The summed E-state index contributed by atoms with van der Waals surface area (Å²) in [5.74, 6) is 1.28. The van der Waals surface area contributed by atoms with Crippen molar-refractivity contribution in [2.24, 2.45) is 11.8 Å². The second-order valence-electron chi connectivity index (χ2n) is 8.06. The Morgan fingerprint density at radius 1 is 0.900 bits per heavy atom. The number of hydrogen-bond donors (Lipinski definition) is 0. The van der Waals surface area contributed by atoms with Crippen molar-refractivity contribution >= 4 is 5.97 Å². The lowest BCUT2D eigenvalue weighted by Gasteiger charge is -2.27. The van der Waals surface area contributed by atoms with Crippen LogP contribution in [0.2, 0.25) is 0 Å². The van der Waals surface area contributed by atoms with Crippen molar-refractivity contribution in [3.63, 3.8) is 0 Å². The van der Waals surface area contributed by atoms with Crippen LogP contribution in [0.25, 0.3) is 11.1 Å². The molecule has 1 saturated carbocycles. The summed E-state index contributed by atoms with van der Waals surface area (Å²) in [5, 5.41) is 0. The number of benzene rings is 2. The first kappa shape index (κ1) is 22.3. The van der Waals surface area contributed by atoms with Crippen LogP contribution in [0, 0.1) is 11.8 Å². The maximum absolute atomic E-state index is 12.5. The van der Waals surface area contributed by atoms with Gasteiger partial charge in [0.25, 0.3) is 0 Å². The average molecular weight is 417 g/mol. The fourth-order valence-electron chi connectivity index (χ4n) is 4.11. The first-order valence-corrected chi connectivity index (χ1v) is 10.9. The molecule has 1 fully saturated rings. The lowest BCUT2D eigenvalue weighted by atomic mass is 9.80. The predicted molar refractivity (Wildman–Crippen MR) is 114 cm³/mol. The van der Waals surface area contributed by atoms with Gasteiger partial charge < -0.3 is 9.47 Å². The topological polar surface area (TPSA) is 35.5 Å². The summed E-state index contributed by atoms with van der Waals surface area (Å²) in [4.78, 5) is 12.5. The number of hydrogen-bond acceptors (Lipinski definition) is 3. The highest BCUT2D eigenvalue weighted by atomic mass is 19.3. The molecule has 0 N–H and O–H groups in total. The summed E-state index contributed by atoms with van der Waals surface area (Å²) >= 11 is 0. The Morgan fingerprint density at radius 2 is 1.47 bits per heavy atom. The van der Waals surface area contributed by atoms with Gasteiger partial charge in [-0.2, -0.15) is 8.78 Å². The Kier molecular flexibility index (Phi) is 8.23. The molecule has 1 aliphatic rings. The van der Waals surface area contributed by atoms with Crippen LogP contribution in [0.1, 0.15) is 58.3 Å². The van der Waals surface area contributed by atoms with E-state index < -0.39 is 6.61 Å². The van der Waals surface area contributed by atoms with Crippen LogP contribution in [-0.4, -0.2) is 12.6 Å². The molecule has 30 heavy (non-hydrogen) atoms. The minimum absolute atomic E-state index is 0.00511. The zero-order valence-corrected chi connectivity index (χ0v) is 17.5. The number of carbonyl (C=O) groups excluding carboxylic acids is 1. The quantitative estimate of drug-likeness (QED) is 0.245. The number of halogens is 2. The molecule has 0 spiro atoms. The SMILES string of the molecule is CCCCCC1CCC(C(=O)Oc2ccc(-c3ccc(OC(F)F)cc3)cc2)CC1. The van der Waals surface area contributed by atoms with Gasteiger partial charge in [0.15, 0.2) is 0 Å². The molecule has 0 amide bonds. The van der Waals surface area contributed by atoms with Gasteiger partial charge in [-0.3, -0.25) is 4.79 Å². The third-order valence-corrected chi connectivity index (χ3v) is 5.88. The van der Waals surface area contributed by atoms with E-state index in [1.54, 1.807) is 24.3 Å². The van der Waals surface area contributed by atoms with Crippen molar-refractivity contribution in [1.82, 2.24) is 0 Å². The first-order chi connectivity index (χ1) is 14.5. The van der Waals surface area contributed by atoms with Crippen molar-refractivity contribution in [3.05, 3.63) is 48.5 Å². The highest BCUT2D eigenvalue weighted by Gasteiger charge is 2.27. The molecule has 0 unspecified atom stereocenters. The third-order valence-electron chi connectivity index (χ3n) is 5.88. The third kappa shape index (κ3) is 6.54. The van der Waals surface area contributed by atoms with E-state index in [0.29, 0.717) is 5.75 Å². The van der Waals surface area contributed by atoms with Crippen molar-refractivity contribution in [2.45, 2.75) is 64.9 Å². The lowest BCUT2D eigenvalue weighted by molar-refractivity contribution is -0.140. The molecule has 0 heterocycles. The molecule has 3 nitrogen and oxygen atoms in total. The van der Waals surface area contributed by atoms with Gasteiger partial charge in [0.2, 0.25) is 0 Å². The molecule has 2 aromatic rings. The van der Waals surface area contributed by atoms with Crippen molar-refractivity contribution in [1.29, 1.82) is 0 Å². The standard InChI is InChI=1S/C25H30F2O3/c1-2-3-4-5-18-6-8-21(9-7-18)24(28)29-22-14-10-19(11-15-22)20-12-16-23(17-13-20)30-25(26)27/h10-18,21,25H,2-9H2,1H3. The van der Waals surface area contributed by atoms with E-state index in [9.17, 15) is 13.6 Å².